The van der Waals surface area contributed by atoms with E-state index in [2.05, 4.69) is 21.5 Å². The van der Waals surface area contributed by atoms with Crippen LogP contribution in [0.5, 0.6) is 0 Å². The van der Waals surface area contributed by atoms with Crippen LogP contribution >= 0.6 is 11.6 Å². The summed E-state index contributed by atoms with van der Waals surface area (Å²) >= 11 is 6.24. The maximum Gasteiger partial charge on any atom is 0.267 e. The highest BCUT2D eigenvalue weighted by molar-refractivity contribution is 6.35. The van der Waals surface area contributed by atoms with Gasteiger partial charge in [-0.2, -0.15) is 10.4 Å². The molecule has 0 aliphatic carbocycles. The molecular formula is C24H19ClN6O2. The Morgan fingerprint density at radius 2 is 1.91 bits per heavy atom. The van der Waals surface area contributed by atoms with Crippen LogP contribution in [0.25, 0.3) is 10.9 Å². The average molecular weight is 459 g/mol. The van der Waals surface area contributed by atoms with Crippen molar-refractivity contribution in [3.8, 4) is 6.07 Å². The van der Waals surface area contributed by atoms with Gasteiger partial charge in [0.05, 0.1) is 51.4 Å². The third kappa shape index (κ3) is 4.27. The van der Waals surface area contributed by atoms with E-state index in [1.165, 1.54) is 6.07 Å². The van der Waals surface area contributed by atoms with Crippen molar-refractivity contribution in [3.63, 3.8) is 0 Å². The predicted octanol–water partition coefficient (Wildman–Crippen LogP) is 3.97. The number of amides is 2. The number of carbonyl (C=O) groups is 2. The van der Waals surface area contributed by atoms with E-state index in [9.17, 15) is 9.59 Å². The van der Waals surface area contributed by atoms with Crippen molar-refractivity contribution >= 4 is 40.0 Å². The smallest absolute Gasteiger partial charge is 0.267 e. The number of fused-ring (bicyclic) bond motifs is 1. The highest BCUT2D eigenvalue weighted by atomic mass is 35.5. The predicted molar refractivity (Wildman–Crippen MR) is 125 cm³/mol. The third-order valence-corrected chi connectivity index (χ3v) is 5.63. The number of carbonyl (C=O) groups excluding carboxylic acids is 2. The zero-order valence-electron chi connectivity index (χ0n) is 17.9. The number of nitrogens with two attached hydrogens (primary N) is 1. The second-order valence-electron chi connectivity index (χ2n) is 7.52. The summed E-state index contributed by atoms with van der Waals surface area (Å²) in [6, 6.07) is 15.7. The molecule has 2 aromatic heterocycles. The lowest BCUT2D eigenvalue weighted by molar-refractivity contribution is 0.0996. The van der Waals surface area contributed by atoms with Crippen LogP contribution in [0.15, 0.2) is 48.5 Å². The number of para-hydroxylation sites is 1. The number of nitrogens with one attached hydrogen (secondary N) is 1. The van der Waals surface area contributed by atoms with Crippen LogP contribution in [-0.4, -0.2) is 26.6 Å². The quantitative estimate of drug-likeness (QED) is 0.467. The molecule has 33 heavy (non-hydrogen) atoms. The lowest BCUT2D eigenvalue weighted by Gasteiger charge is -2.11. The molecule has 0 fully saturated rings. The Hall–Kier alpha value is -4.22. The molecule has 0 spiro atoms. The topological polar surface area (TPSA) is 127 Å². The monoisotopic (exact) mass is 458 g/mol. The maximum atomic E-state index is 13.3. The number of halogens is 1. The van der Waals surface area contributed by atoms with Gasteiger partial charge in [0.15, 0.2) is 0 Å². The molecule has 0 unspecified atom stereocenters. The molecule has 0 saturated carbocycles. The zero-order chi connectivity index (χ0) is 23.7. The van der Waals surface area contributed by atoms with Gasteiger partial charge in [0.2, 0.25) is 0 Å². The summed E-state index contributed by atoms with van der Waals surface area (Å²) in [5.74, 6) is -1.19. The minimum atomic E-state index is -0.756. The largest absolute Gasteiger partial charge is 0.364 e. The van der Waals surface area contributed by atoms with Gasteiger partial charge >= 0.3 is 0 Å². The van der Waals surface area contributed by atoms with Gasteiger partial charge in [-0.3, -0.25) is 14.3 Å². The number of hydrogen-bond donors (Lipinski definition) is 2. The van der Waals surface area contributed by atoms with E-state index in [0.717, 1.165) is 11.3 Å². The van der Waals surface area contributed by atoms with Crippen molar-refractivity contribution in [2.75, 3.05) is 5.32 Å². The van der Waals surface area contributed by atoms with Gasteiger partial charge in [0.1, 0.15) is 5.69 Å². The van der Waals surface area contributed by atoms with Gasteiger partial charge in [-0.25, -0.2) is 4.98 Å². The molecule has 0 atom stereocenters. The van der Waals surface area contributed by atoms with E-state index in [1.807, 2.05) is 19.1 Å². The van der Waals surface area contributed by atoms with Crippen LogP contribution in [0.4, 0.5) is 5.69 Å². The molecule has 9 heteroatoms. The molecule has 0 aliphatic heterocycles. The Balaban J connectivity index is 1.68. The minimum Gasteiger partial charge on any atom is -0.364 e. The fraction of sp³-hybridized carbons (Fsp3) is 0.125. The molecule has 2 amide bonds. The molecule has 2 heterocycles. The molecule has 8 nitrogen and oxygen atoms in total. The number of rotatable bonds is 5. The zero-order valence-corrected chi connectivity index (χ0v) is 18.6. The van der Waals surface area contributed by atoms with E-state index in [-0.39, 0.29) is 11.3 Å². The molecular weight excluding hydrogens is 440 g/mol. The van der Waals surface area contributed by atoms with E-state index < -0.39 is 11.8 Å². The summed E-state index contributed by atoms with van der Waals surface area (Å²) in [4.78, 5) is 29.2. The molecule has 0 saturated heterocycles. The number of nitrogens with zero attached hydrogens (tertiary/aromatic N) is 4. The van der Waals surface area contributed by atoms with Gasteiger partial charge in [-0.1, -0.05) is 35.9 Å². The first kappa shape index (κ1) is 22.0. The lowest BCUT2D eigenvalue weighted by Crippen LogP contribution is -2.18. The summed E-state index contributed by atoms with van der Waals surface area (Å²) in [7, 11) is 0. The Morgan fingerprint density at radius 3 is 2.58 bits per heavy atom. The van der Waals surface area contributed by atoms with Crippen LogP contribution in [0.2, 0.25) is 5.02 Å². The second kappa shape index (κ2) is 8.73. The first-order chi connectivity index (χ1) is 15.8. The van der Waals surface area contributed by atoms with Gasteiger partial charge < -0.3 is 11.1 Å². The second-order valence-corrected chi connectivity index (χ2v) is 7.93. The van der Waals surface area contributed by atoms with Crippen molar-refractivity contribution in [1.82, 2.24) is 14.8 Å². The summed E-state index contributed by atoms with van der Waals surface area (Å²) in [6.45, 7) is 4.14. The van der Waals surface area contributed by atoms with Crippen molar-refractivity contribution < 1.29 is 9.59 Å². The first-order valence-corrected chi connectivity index (χ1v) is 10.4. The normalized spacial score (nSPS) is 10.7. The maximum absolute atomic E-state index is 13.3. The van der Waals surface area contributed by atoms with Gasteiger partial charge in [-0.05, 0) is 43.7 Å². The number of pyridine rings is 1. The highest BCUT2D eigenvalue weighted by Crippen LogP contribution is 2.27. The Kier molecular flexibility index (Phi) is 5.82. The lowest BCUT2D eigenvalue weighted by atomic mass is 10.1. The minimum absolute atomic E-state index is 0.0503. The SMILES string of the molecule is Cc1nn(Cc2ccc(C#N)cc2)c(C)c1NC(=O)c1cc(C(N)=O)nc2c(Cl)cccc12. The Morgan fingerprint density at radius 1 is 1.18 bits per heavy atom. The number of nitriles is 1. The van der Waals surface area contributed by atoms with Crippen molar-refractivity contribution in [2.45, 2.75) is 20.4 Å². The van der Waals surface area contributed by atoms with E-state index in [4.69, 9.17) is 22.6 Å². The molecule has 2 aromatic carbocycles. The molecule has 4 rings (SSSR count). The fourth-order valence-electron chi connectivity index (χ4n) is 3.60. The number of anilines is 1. The van der Waals surface area contributed by atoms with E-state index in [1.54, 1.807) is 41.9 Å². The van der Waals surface area contributed by atoms with Crippen molar-refractivity contribution in [1.29, 1.82) is 5.26 Å². The van der Waals surface area contributed by atoms with Crippen LogP contribution in [0, 0.1) is 25.2 Å². The summed E-state index contributed by atoms with van der Waals surface area (Å²) < 4.78 is 1.78. The summed E-state index contributed by atoms with van der Waals surface area (Å²) in [5.41, 5.74) is 9.44. The van der Waals surface area contributed by atoms with Crippen LogP contribution in [0.1, 0.15) is 43.4 Å². The number of aromatic nitrogens is 3. The van der Waals surface area contributed by atoms with Crippen molar-refractivity contribution in [2.24, 2.45) is 5.73 Å². The van der Waals surface area contributed by atoms with E-state index in [0.29, 0.717) is 39.4 Å². The molecule has 4 aromatic rings. The first-order valence-electron chi connectivity index (χ1n) is 10.0. The third-order valence-electron chi connectivity index (χ3n) is 5.32. The number of aryl methyl sites for hydroxylation is 1. The molecule has 0 aliphatic rings. The Labute approximate surface area is 194 Å². The number of benzene rings is 2. The Bertz CT molecular complexity index is 1450. The van der Waals surface area contributed by atoms with Gasteiger partial charge in [0.25, 0.3) is 11.8 Å². The van der Waals surface area contributed by atoms with Crippen LogP contribution in [0.3, 0.4) is 0 Å². The molecule has 0 bridgehead atoms. The summed E-state index contributed by atoms with van der Waals surface area (Å²) in [6.07, 6.45) is 0. The fourth-order valence-corrected chi connectivity index (χ4v) is 3.81. The van der Waals surface area contributed by atoms with E-state index >= 15 is 0 Å². The summed E-state index contributed by atoms with van der Waals surface area (Å²) in [5, 5.41) is 17.2. The van der Waals surface area contributed by atoms with Gasteiger partial charge in [-0.15, -0.1) is 0 Å². The molecule has 0 radical (unpaired) electrons. The average Bonchev–Trinajstić information content (AvgIpc) is 3.06. The van der Waals surface area contributed by atoms with Crippen molar-refractivity contribution in [3.05, 3.63) is 87.3 Å². The molecule has 3 N–H and O–H groups in total. The van der Waals surface area contributed by atoms with Crippen LogP contribution < -0.4 is 11.1 Å². The van der Waals surface area contributed by atoms with Crippen LogP contribution in [-0.2, 0) is 6.54 Å². The highest BCUT2D eigenvalue weighted by Gasteiger charge is 2.20. The number of primary amides is 1. The van der Waals surface area contributed by atoms with Gasteiger partial charge in [0, 0.05) is 5.39 Å². The number of hydrogen-bond acceptors (Lipinski definition) is 5. The molecule has 164 valence electrons. The standard InChI is InChI=1S/C24H19ClN6O2/c1-13-21(14(2)31(30-13)12-16-8-6-15(11-26)7-9-16)29-24(33)18-10-20(23(27)32)28-22-17(18)4-3-5-19(22)25/h3-10H,12H2,1-2H3,(H2,27,32)(H,29,33).